The summed E-state index contributed by atoms with van der Waals surface area (Å²) in [7, 11) is 0. The lowest BCUT2D eigenvalue weighted by atomic mass is 10.0. The SMILES string of the molecule is CCCCCCCCCCCCCCC/C=C/CCC(=O)Cl. The third-order valence-corrected chi connectivity index (χ3v) is 4.34. The van der Waals surface area contributed by atoms with Gasteiger partial charge in [-0.2, -0.15) is 0 Å². The zero-order valence-corrected chi connectivity index (χ0v) is 15.5. The lowest BCUT2D eigenvalue weighted by Crippen LogP contribution is -1.83. The molecule has 1 nitrogen and oxygen atoms in total. The monoisotopic (exact) mass is 328 g/mol. The second-order valence-corrected chi connectivity index (χ2v) is 6.82. The van der Waals surface area contributed by atoms with E-state index in [0.717, 1.165) is 12.8 Å². The number of allylic oxidation sites excluding steroid dienone is 2. The van der Waals surface area contributed by atoms with Crippen LogP contribution >= 0.6 is 11.6 Å². The molecular weight excluding hydrogens is 292 g/mol. The molecule has 0 aromatic carbocycles. The first-order chi connectivity index (χ1) is 10.8. The minimum Gasteiger partial charge on any atom is -0.281 e. The molecular formula is C20H37ClO. The topological polar surface area (TPSA) is 17.1 Å². The Bertz CT molecular complexity index is 260. The van der Waals surface area contributed by atoms with E-state index in [1.807, 2.05) is 0 Å². The lowest BCUT2D eigenvalue weighted by Gasteiger charge is -2.02. The summed E-state index contributed by atoms with van der Waals surface area (Å²) in [4.78, 5) is 10.5. The standard InChI is InChI=1S/C20H37ClO/c1-2-3-4-5-6-7-8-9-10-11-12-13-14-15-16-17-18-19-20(21)22/h16-17H,2-15,18-19H2,1H3/b17-16+. The maximum Gasteiger partial charge on any atom is 0.221 e. The second-order valence-electron chi connectivity index (χ2n) is 6.40. The highest BCUT2D eigenvalue weighted by Crippen LogP contribution is 2.13. The van der Waals surface area contributed by atoms with Crippen molar-refractivity contribution in [1.29, 1.82) is 0 Å². The fourth-order valence-corrected chi connectivity index (χ4v) is 2.82. The van der Waals surface area contributed by atoms with Gasteiger partial charge in [-0.05, 0) is 30.9 Å². The molecule has 0 atom stereocenters. The summed E-state index contributed by atoms with van der Waals surface area (Å²) in [6, 6.07) is 0. The van der Waals surface area contributed by atoms with Crippen molar-refractivity contribution in [3.8, 4) is 0 Å². The van der Waals surface area contributed by atoms with Crippen LogP contribution in [0.4, 0.5) is 0 Å². The van der Waals surface area contributed by atoms with E-state index in [-0.39, 0.29) is 5.24 Å². The van der Waals surface area contributed by atoms with E-state index in [4.69, 9.17) is 11.6 Å². The normalized spacial score (nSPS) is 11.4. The Balaban J connectivity index is 3.04. The summed E-state index contributed by atoms with van der Waals surface area (Å²) in [5.74, 6) is 0. The van der Waals surface area contributed by atoms with E-state index < -0.39 is 0 Å². The van der Waals surface area contributed by atoms with Crippen molar-refractivity contribution >= 4 is 16.8 Å². The molecule has 0 radical (unpaired) electrons. The first kappa shape index (κ1) is 21.7. The Morgan fingerprint density at radius 3 is 1.55 bits per heavy atom. The van der Waals surface area contributed by atoms with Crippen LogP contribution in [-0.2, 0) is 4.79 Å². The van der Waals surface area contributed by atoms with Gasteiger partial charge in [-0.1, -0.05) is 96.1 Å². The van der Waals surface area contributed by atoms with Crippen LogP contribution in [0.3, 0.4) is 0 Å². The first-order valence-electron chi connectivity index (χ1n) is 9.60. The van der Waals surface area contributed by atoms with Crippen molar-refractivity contribution in [3.05, 3.63) is 12.2 Å². The van der Waals surface area contributed by atoms with Gasteiger partial charge in [0.25, 0.3) is 0 Å². The van der Waals surface area contributed by atoms with Crippen LogP contribution in [0.1, 0.15) is 110 Å². The highest BCUT2D eigenvalue weighted by Gasteiger charge is 1.94. The maximum absolute atomic E-state index is 10.5. The smallest absolute Gasteiger partial charge is 0.221 e. The lowest BCUT2D eigenvalue weighted by molar-refractivity contribution is -0.111. The predicted molar refractivity (Wildman–Crippen MR) is 99.5 cm³/mol. The highest BCUT2D eigenvalue weighted by atomic mass is 35.5. The molecule has 0 saturated heterocycles. The molecule has 0 aliphatic carbocycles. The maximum atomic E-state index is 10.5. The summed E-state index contributed by atoms with van der Waals surface area (Å²) in [6.07, 6.45) is 24.9. The molecule has 0 heterocycles. The molecule has 0 bridgehead atoms. The molecule has 0 fully saturated rings. The molecule has 0 aromatic heterocycles. The number of carbonyl (C=O) groups excluding carboxylic acids is 1. The van der Waals surface area contributed by atoms with Crippen LogP contribution in [0.15, 0.2) is 12.2 Å². The molecule has 22 heavy (non-hydrogen) atoms. The van der Waals surface area contributed by atoms with Gasteiger partial charge in [0.1, 0.15) is 0 Å². The Morgan fingerprint density at radius 1 is 0.682 bits per heavy atom. The Labute approximate surface area is 143 Å². The molecule has 130 valence electrons. The van der Waals surface area contributed by atoms with Gasteiger partial charge in [0.15, 0.2) is 0 Å². The number of hydrogen-bond donors (Lipinski definition) is 0. The molecule has 0 unspecified atom stereocenters. The summed E-state index contributed by atoms with van der Waals surface area (Å²) < 4.78 is 0. The minimum atomic E-state index is -0.231. The summed E-state index contributed by atoms with van der Waals surface area (Å²) in [6.45, 7) is 2.28. The quantitative estimate of drug-likeness (QED) is 0.153. The Kier molecular flexibility index (Phi) is 18.5. The number of halogens is 1. The number of rotatable bonds is 17. The Hall–Kier alpha value is -0.300. The van der Waals surface area contributed by atoms with Gasteiger partial charge in [-0.3, -0.25) is 4.79 Å². The minimum absolute atomic E-state index is 0.231. The molecule has 2 heteroatoms. The van der Waals surface area contributed by atoms with Crippen molar-refractivity contribution in [2.45, 2.75) is 110 Å². The number of carbonyl (C=O) groups is 1. The third kappa shape index (κ3) is 19.7. The fraction of sp³-hybridized carbons (Fsp3) is 0.850. The summed E-state index contributed by atoms with van der Waals surface area (Å²) in [5, 5.41) is -0.231. The molecule has 0 aliphatic heterocycles. The highest BCUT2D eigenvalue weighted by molar-refractivity contribution is 6.63. The van der Waals surface area contributed by atoms with E-state index in [9.17, 15) is 4.79 Å². The van der Waals surface area contributed by atoms with E-state index in [0.29, 0.717) is 6.42 Å². The van der Waals surface area contributed by atoms with Gasteiger partial charge in [0.2, 0.25) is 5.24 Å². The van der Waals surface area contributed by atoms with Crippen LogP contribution in [0.5, 0.6) is 0 Å². The molecule has 0 saturated carbocycles. The van der Waals surface area contributed by atoms with Gasteiger partial charge in [-0.15, -0.1) is 0 Å². The van der Waals surface area contributed by atoms with E-state index in [2.05, 4.69) is 19.1 Å². The fourth-order valence-electron chi connectivity index (χ4n) is 2.71. The molecule has 0 aromatic rings. The van der Waals surface area contributed by atoms with Crippen molar-refractivity contribution in [2.75, 3.05) is 0 Å². The van der Waals surface area contributed by atoms with E-state index in [1.165, 1.54) is 83.5 Å². The van der Waals surface area contributed by atoms with E-state index in [1.54, 1.807) is 0 Å². The molecule has 0 amide bonds. The summed E-state index contributed by atoms with van der Waals surface area (Å²) in [5.41, 5.74) is 0. The molecule has 0 spiro atoms. The van der Waals surface area contributed by atoms with Crippen molar-refractivity contribution in [1.82, 2.24) is 0 Å². The van der Waals surface area contributed by atoms with Gasteiger partial charge in [-0.25, -0.2) is 0 Å². The van der Waals surface area contributed by atoms with E-state index >= 15 is 0 Å². The average molecular weight is 329 g/mol. The average Bonchev–Trinajstić information content (AvgIpc) is 2.50. The van der Waals surface area contributed by atoms with Crippen LogP contribution < -0.4 is 0 Å². The number of unbranched alkanes of at least 4 members (excludes halogenated alkanes) is 13. The van der Waals surface area contributed by atoms with Crippen LogP contribution in [0.25, 0.3) is 0 Å². The van der Waals surface area contributed by atoms with Gasteiger partial charge >= 0.3 is 0 Å². The zero-order valence-electron chi connectivity index (χ0n) is 14.8. The first-order valence-corrected chi connectivity index (χ1v) is 9.98. The van der Waals surface area contributed by atoms with Gasteiger partial charge in [0.05, 0.1) is 0 Å². The van der Waals surface area contributed by atoms with Crippen molar-refractivity contribution in [2.24, 2.45) is 0 Å². The van der Waals surface area contributed by atoms with Crippen molar-refractivity contribution < 1.29 is 4.79 Å². The number of hydrogen-bond acceptors (Lipinski definition) is 1. The summed E-state index contributed by atoms with van der Waals surface area (Å²) >= 11 is 5.28. The largest absolute Gasteiger partial charge is 0.281 e. The molecule has 0 N–H and O–H groups in total. The van der Waals surface area contributed by atoms with Crippen molar-refractivity contribution in [3.63, 3.8) is 0 Å². The van der Waals surface area contributed by atoms with Gasteiger partial charge in [0, 0.05) is 6.42 Å². The zero-order chi connectivity index (χ0) is 16.3. The third-order valence-electron chi connectivity index (χ3n) is 4.15. The van der Waals surface area contributed by atoms with Crippen LogP contribution in [0, 0.1) is 0 Å². The predicted octanol–water partition coefficient (Wildman–Crippen LogP) is 7.57. The van der Waals surface area contributed by atoms with Crippen LogP contribution in [-0.4, -0.2) is 5.24 Å². The molecule has 0 rings (SSSR count). The Morgan fingerprint density at radius 2 is 1.09 bits per heavy atom. The second kappa shape index (κ2) is 18.7. The van der Waals surface area contributed by atoms with Crippen LogP contribution in [0.2, 0.25) is 0 Å². The molecule has 0 aliphatic rings. The van der Waals surface area contributed by atoms with Gasteiger partial charge < -0.3 is 0 Å².